The van der Waals surface area contributed by atoms with E-state index in [1.165, 1.54) is 18.2 Å². The first-order valence-corrected chi connectivity index (χ1v) is 6.85. The molecule has 3 nitrogen and oxygen atoms in total. The van der Waals surface area contributed by atoms with Gasteiger partial charge in [-0.1, -0.05) is 18.5 Å². The molecule has 0 fully saturated rings. The van der Waals surface area contributed by atoms with Crippen LogP contribution in [0.2, 0.25) is 5.02 Å². The summed E-state index contributed by atoms with van der Waals surface area (Å²) in [5.41, 5.74) is 0.884. The largest absolute Gasteiger partial charge is 0.456 e. The third-order valence-electron chi connectivity index (χ3n) is 2.64. The van der Waals surface area contributed by atoms with E-state index in [0.29, 0.717) is 18.0 Å². The Bertz CT molecular complexity index is 578. The first-order valence-electron chi connectivity index (χ1n) is 6.47. The molecule has 0 bridgehead atoms. The number of hydrogen-bond donors (Lipinski definition) is 1. The third kappa shape index (κ3) is 4.18. The zero-order valence-electron chi connectivity index (χ0n) is 11.2. The van der Waals surface area contributed by atoms with Gasteiger partial charge in [-0.3, -0.25) is 4.98 Å². The Kier molecular flexibility index (Phi) is 5.32. The molecule has 0 saturated heterocycles. The molecule has 5 heteroatoms. The van der Waals surface area contributed by atoms with Crippen molar-refractivity contribution in [2.45, 2.75) is 19.9 Å². The fourth-order valence-electron chi connectivity index (χ4n) is 1.69. The lowest BCUT2D eigenvalue weighted by molar-refractivity contribution is 0.478. The summed E-state index contributed by atoms with van der Waals surface area (Å²) < 4.78 is 18.6. The van der Waals surface area contributed by atoms with Gasteiger partial charge in [-0.2, -0.15) is 0 Å². The maximum absolute atomic E-state index is 13.0. The van der Waals surface area contributed by atoms with Crippen molar-refractivity contribution in [2.24, 2.45) is 0 Å². The van der Waals surface area contributed by atoms with Gasteiger partial charge in [0.05, 0.1) is 10.7 Å². The van der Waals surface area contributed by atoms with Gasteiger partial charge in [0.1, 0.15) is 17.3 Å². The van der Waals surface area contributed by atoms with Gasteiger partial charge in [-0.05, 0) is 37.2 Å². The lowest BCUT2D eigenvalue weighted by Crippen LogP contribution is -2.14. The maximum atomic E-state index is 13.0. The Labute approximate surface area is 122 Å². The van der Waals surface area contributed by atoms with Gasteiger partial charge in [0, 0.05) is 18.8 Å². The second-order valence-electron chi connectivity index (χ2n) is 4.34. The van der Waals surface area contributed by atoms with E-state index in [0.717, 1.165) is 18.7 Å². The third-order valence-corrected chi connectivity index (χ3v) is 2.94. The lowest BCUT2D eigenvalue weighted by atomic mass is 10.3. The molecule has 1 aromatic carbocycles. The summed E-state index contributed by atoms with van der Waals surface area (Å²) in [6.07, 6.45) is 2.75. The van der Waals surface area contributed by atoms with Crippen LogP contribution in [0.25, 0.3) is 0 Å². The molecular formula is C15H16ClFN2O. The highest BCUT2D eigenvalue weighted by Gasteiger charge is 2.05. The predicted octanol–water partition coefficient (Wildman–Crippen LogP) is 4.17. The van der Waals surface area contributed by atoms with E-state index in [4.69, 9.17) is 16.3 Å². The number of aromatic nitrogens is 1. The number of rotatable bonds is 6. The Hall–Kier alpha value is -1.65. The highest BCUT2D eigenvalue weighted by molar-refractivity contribution is 6.32. The van der Waals surface area contributed by atoms with Crippen molar-refractivity contribution in [3.8, 4) is 11.5 Å². The van der Waals surface area contributed by atoms with E-state index in [1.54, 1.807) is 12.3 Å². The van der Waals surface area contributed by atoms with E-state index < -0.39 is 0 Å². The summed E-state index contributed by atoms with van der Waals surface area (Å²) in [4.78, 5) is 4.25. The zero-order chi connectivity index (χ0) is 14.4. The molecule has 20 heavy (non-hydrogen) atoms. The number of halogens is 2. The topological polar surface area (TPSA) is 34.1 Å². The van der Waals surface area contributed by atoms with E-state index in [-0.39, 0.29) is 10.8 Å². The summed E-state index contributed by atoms with van der Waals surface area (Å²) in [5.74, 6) is 0.662. The molecule has 0 unspecified atom stereocenters. The van der Waals surface area contributed by atoms with Crippen LogP contribution in [0.1, 0.15) is 19.0 Å². The minimum Gasteiger partial charge on any atom is -0.456 e. The molecule has 0 aliphatic carbocycles. The molecule has 0 spiro atoms. The number of nitrogens with one attached hydrogen (secondary N) is 1. The van der Waals surface area contributed by atoms with Crippen molar-refractivity contribution in [3.63, 3.8) is 0 Å². The molecule has 1 N–H and O–H groups in total. The molecule has 0 aliphatic heterocycles. The van der Waals surface area contributed by atoms with Gasteiger partial charge in [-0.25, -0.2) is 4.39 Å². The van der Waals surface area contributed by atoms with Crippen molar-refractivity contribution in [1.29, 1.82) is 0 Å². The van der Waals surface area contributed by atoms with Crippen LogP contribution in [0.5, 0.6) is 11.5 Å². The van der Waals surface area contributed by atoms with Crippen molar-refractivity contribution in [1.82, 2.24) is 10.3 Å². The Balaban J connectivity index is 2.07. The van der Waals surface area contributed by atoms with Gasteiger partial charge in [0.2, 0.25) is 0 Å². The first kappa shape index (κ1) is 14.8. The molecule has 1 aromatic heterocycles. The van der Waals surface area contributed by atoms with Crippen LogP contribution in [0, 0.1) is 5.82 Å². The number of pyridine rings is 1. The monoisotopic (exact) mass is 294 g/mol. The molecule has 0 aliphatic rings. The van der Waals surface area contributed by atoms with Crippen molar-refractivity contribution >= 4 is 11.6 Å². The molecule has 2 aromatic rings. The lowest BCUT2D eigenvalue weighted by Gasteiger charge is -2.09. The van der Waals surface area contributed by atoms with Crippen LogP contribution < -0.4 is 10.1 Å². The van der Waals surface area contributed by atoms with Crippen molar-refractivity contribution < 1.29 is 9.13 Å². The normalized spacial score (nSPS) is 10.6. The van der Waals surface area contributed by atoms with Crippen molar-refractivity contribution in [3.05, 3.63) is 53.1 Å². The van der Waals surface area contributed by atoms with Crippen LogP contribution in [0.3, 0.4) is 0 Å². The van der Waals surface area contributed by atoms with Gasteiger partial charge in [0.25, 0.3) is 0 Å². The number of nitrogens with zero attached hydrogens (tertiary/aromatic N) is 1. The van der Waals surface area contributed by atoms with Gasteiger partial charge < -0.3 is 10.1 Å². The van der Waals surface area contributed by atoms with Crippen LogP contribution in [-0.4, -0.2) is 11.5 Å². The highest BCUT2D eigenvalue weighted by atomic mass is 35.5. The fourth-order valence-corrected chi connectivity index (χ4v) is 1.90. The van der Waals surface area contributed by atoms with Crippen LogP contribution in [-0.2, 0) is 6.54 Å². The quantitative estimate of drug-likeness (QED) is 0.812. The number of hydrogen-bond acceptors (Lipinski definition) is 3. The fraction of sp³-hybridized carbons (Fsp3) is 0.267. The second-order valence-corrected chi connectivity index (χ2v) is 4.74. The van der Waals surface area contributed by atoms with Gasteiger partial charge >= 0.3 is 0 Å². The second kappa shape index (κ2) is 7.22. The molecular weight excluding hydrogens is 279 g/mol. The van der Waals surface area contributed by atoms with Gasteiger partial charge in [-0.15, -0.1) is 0 Å². The maximum Gasteiger partial charge on any atom is 0.146 e. The van der Waals surface area contributed by atoms with Crippen LogP contribution >= 0.6 is 11.6 Å². The molecule has 0 atom stereocenters. The highest BCUT2D eigenvalue weighted by Crippen LogP contribution is 2.29. The summed E-state index contributed by atoms with van der Waals surface area (Å²) in [6.45, 7) is 3.73. The van der Waals surface area contributed by atoms with Crippen molar-refractivity contribution in [2.75, 3.05) is 6.54 Å². The minimum atomic E-state index is -0.387. The SMILES string of the molecule is CCCNCc1cc(Oc2ccc(F)cc2Cl)ccn1. The Morgan fingerprint density at radius 2 is 2.15 bits per heavy atom. The molecule has 2 rings (SSSR count). The average molecular weight is 295 g/mol. The molecule has 0 amide bonds. The molecule has 0 saturated carbocycles. The van der Waals surface area contributed by atoms with E-state index >= 15 is 0 Å². The molecule has 0 radical (unpaired) electrons. The smallest absolute Gasteiger partial charge is 0.146 e. The summed E-state index contributed by atoms with van der Waals surface area (Å²) in [6, 6.07) is 7.62. The summed E-state index contributed by atoms with van der Waals surface area (Å²) in [5, 5.41) is 3.51. The number of ether oxygens (including phenoxy) is 1. The van der Waals surface area contributed by atoms with Crippen LogP contribution in [0.4, 0.5) is 4.39 Å². The number of benzene rings is 1. The van der Waals surface area contributed by atoms with E-state index in [9.17, 15) is 4.39 Å². The predicted molar refractivity (Wildman–Crippen MR) is 77.7 cm³/mol. The standard InChI is InChI=1S/C15H16ClFN2O/c1-2-6-18-10-12-9-13(5-7-19-12)20-15-4-3-11(17)8-14(15)16/h3-5,7-9,18H,2,6,10H2,1H3. The van der Waals surface area contributed by atoms with Gasteiger partial charge in [0.15, 0.2) is 0 Å². The molecule has 106 valence electrons. The summed E-state index contributed by atoms with van der Waals surface area (Å²) in [7, 11) is 0. The van der Waals surface area contributed by atoms with E-state index in [1.807, 2.05) is 6.07 Å². The Morgan fingerprint density at radius 3 is 2.90 bits per heavy atom. The molecule has 1 heterocycles. The van der Waals surface area contributed by atoms with E-state index in [2.05, 4.69) is 17.2 Å². The average Bonchev–Trinajstić information content (AvgIpc) is 2.43. The first-order chi connectivity index (χ1) is 9.69. The van der Waals surface area contributed by atoms with Crippen LogP contribution in [0.15, 0.2) is 36.5 Å². The Morgan fingerprint density at radius 1 is 1.30 bits per heavy atom. The summed E-state index contributed by atoms with van der Waals surface area (Å²) >= 11 is 5.93. The minimum absolute atomic E-state index is 0.243. The zero-order valence-corrected chi connectivity index (χ0v) is 12.0.